The first-order valence-electron chi connectivity index (χ1n) is 7.97. The van der Waals surface area contributed by atoms with Crippen LogP contribution in [0.2, 0.25) is 5.02 Å². The number of halogens is 1. The third-order valence-corrected chi connectivity index (χ3v) is 4.00. The topological polar surface area (TPSA) is 67.4 Å². The third-order valence-electron chi connectivity index (χ3n) is 3.75. The molecule has 132 valence electrons. The first kappa shape index (κ1) is 18.8. The van der Waals surface area contributed by atoms with E-state index in [9.17, 15) is 9.59 Å². The number of carbonyl (C=O) groups is 2. The Hall–Kier alpha value is -2.53. The van der Waals surface area contributed by atoms with E-state index in [1.54, 1.807) is 24.3 Å². The molecule has 0 saturated carbocycles. The van der Waals surface area contributed by atoms with Crippen LogP contribution in [0.5, 0.6) is 5.75 Å². The Labute approximate surface area is 152 Å². The van der Waals surface area contributed by atoms with Gasteiger partial charge >= 0.3 is 0 Å². The van der Waals surface area contributed by atoms with Gasteiger partial charge in [-0.2, -0.15) is 0 Å². The molecule has 2 aromatic rings. The summed E-state index contributed by atoms with van der Waals surface area (Å²) >= 11 is 5.78. The lowest BCUT2D eigenvalue weighted by Gasteiger charge is -2.11. The summed E-state index contributed by atoms with van der Waals surface area (Å²) in [6.07, 6.45) is 0. The Morgan fingerprint density at radius 2 is 1.68 bits per heavy atom. The molecule has 0 atom stereocenters. The van der Waals surface area contributed by atoms with Crippen molar-refractivity contribution in [3.63, 3.8) is 0 Å². The zero-order chi connectivity index (χ0) is 18.2. The van der Waals surface area contributed by atoms with Crippen LogP contribution in [0.25, 0.3) is 0 Å². The largest absolute Gasteiger partial charge is 0.483 e. The van der Waals surface area contributed by atoms with Gasteiger partial charge in [0.2, 0.25) is 0 Å². The number of carbonyl (C=O) groups excluding carboxylic acids is 2. The van der Waals surface area contributed by atoms with E-state index in [4.69, 9.17) is 16.3 Å². The van der Waals surface area contributed by atoms with Crippen molar-refractivity contribution in [1.29, 1.82) is 0 Å². The fourth-order valence-corrected chi connectivity index (χ4v) is 2.28. The van der Waals surface area contributed by atoms with Crippen LogP contribution in [0, 0.1) is 13.8 Å². The molecule has 0 aliphatic carbocycles. The maximum atomic E-state index is 11.9. The van der Waals surface area contributed by atoms with E-state index in [1.165, 1.54) is 0 Å². The zero-order valence-electron chi connectivity index (χ0n) is 14.3. The minimum Gasteiger partial charge on any atom is -0.483 e. The molecule has 0 heterocycles. The van der Waals surface area contributed by atoms with Crippen LogP contribution in [0.3, 0.4) is 0 Å². The summed E-state index contributed by atoms with van der Waals surface area (Å²) in [5, 5.41) is 6.01. The molecular weight excluding hydrogens is 340 g/mol. The third kappa shape index (κ3) is 5.80. The molecule has 0 spiro atoms. The molecule has 0 saturated heterocycles. The van der Waals surface area contributed by atoms with Crippen LogP contribution in [-0.4, -0.2) is 31.5 Å². The van der Waals surface area contributed by atoms with E-state index in [0.29, 0.717) is 29.4 Å². The van der Waals surface area contributed by atoms with Gasteiger partial charge in [0.25, 0.3) is 11.8 Å². The maximum Gasteiger partial charge on any atom is 0.258 e. The van der Waals surface area contributed by atoms with Crippen molar-refractivity contribution in [3.8, 4) is 5.75 Å². The lowest BCUT2D eigenvalue weighted by atomic mass is 10.1. The van der Waals surface area contributed by atoms with Crippen LogP contribution >= 0.6 is 11.6 Å². The number of benzene rings is 2. The number of amides is 2. The fourth-order valence-electron chi connectivity index (χ4n) is 2.16. The summed E-state index contributed by atoms with van der Waals surface area (Å²) in [5.41, 5.74) is 2.65. The average molecular weight is 361 g/mol. The second-order valence-corrected chi connectivity index (χ2v) is 6.04. The molecule has 0 bridgehead atoms. The Bertz CT molecular complexity index is 745. The van der Waals surface area contributed by atoms with Crippen LogP contribution in [0.1, 0.15) is 21.5 Å². The van der Waals surface area contributed by atoms with E-state index in [-0.39, 0.29) is 18.4 Å². The quantitative estimate of drug-likeness (QED) is 0.746. The van der Waals surface area contributed by atoms with Crippen LogP contribution in [-0.2, 0) is 4.79 Å². The van der Waals surface area contributed by atoms with Crippen LogP contribution < -0.4 is 15.4 Å². The first-order valence-corrected chi connectivity index (χ1v) is 8.34. The molecule has 0 fully saturated rings. The Morgan fingerprint density at radius 3 is 2.40 bits per heavy atom. The molecule has 2 rings (SSSR count). The average Bonchev–Trinajstić information content (AvgIpc) is 2.60. The summed E-state index contributed by atoms with van der Waals surface area (Å²) in [6, 6.07) is 12.3. The predicted molar refractivity (Wildman–Crippen MR) is 98.2 cm³/mol. The van der Waals surface area contributed by atoms with Gasteiger partial charge in [0.15, 0.2) is 6.61 Å². The molecule has 2 N–H and O–H groups in total. The van der Waals surface area contributed by atoms with Gasteiger partial charge in [-0.1, -0.05) is 23.7 Å². The molecule has 25 heavy (non-hydrogen) atoms. The number of nitrogens with one attached hydrogen (secondary N) is 2. The summed E-state index contributed by atoms with van der Waals surface area (Å²) in [5.74, 6) is 0.255. The predicted octanol–water partition coefficient (Wildman–Crippen LogP) is 2.88. The normalized spacial score (nSPS) is 10.2. The number of ether oxygens (including phenoxy) is 1. The van der Waals surface area contributed by atoms with Crippen molar-refractivity contribution in [2.75, 3.05) is 19.7 Å². The molecule has 2 aromatic carbocycles. The van der Waals surface area contributed by atoms with E-state index < -0.39 is 0 Å². The van der Waals surface area contributed by atoms with Gasteiger partial charge < -0.3 is 15.4 Å². The summed E-state index contributed by atoms with van der Waals surface area (Å²) in [4.78, 5) is 23.7. The lowest BCUT2D eigenvalue weighted by molar-refractivity contribution is -0.123. The fraction of sp³-hybridized carbons (Fsp3) is 0.263. The van der Waals surface area contributed by atoms with Crippen molar-refractivity contribution in [2.45, 2.75) is 13.8 Å². The number of hydrogen-bond acceptors (Lipinski definition) is 3. The molecule has 6 heteroatoms. The smallest absolute Gasteiger partial charge is 0.258 e. The van der Waals surface area contributed by atoms with Crippen molar-refractivity contribution < 1.29 is 14.3 Å². The molecule has 2 amide bonds. The monoisotopic (exact) mass is 360 g/mol. The van der Waals surface area contributed by atoms with E-state index in [0.717, 1.165) is 11.1 Å². The van der Waals surface area contributed by atoms with E-state index >= 15 is 0 Å². The van der Waals surface area contributed by atoms with Gasteiger partial charge in [0.1, 0.15) is 5.75 Å². The summed E-state index contributed by atoms with van der Waals surface area (Å²) in [7, 11) is 0. The maximum absolute atomic E-state index is 11.9. The lowest BCUT2D eigenvalue weighted by Crippen LogP contribution is -2.36. The molecule has 0 aliphatic rings. The van der Waals surface area contributed by atoms with Crippen molar-refractivity contribution >= 4 is 23.4 Å². The Kier molecular flexibility index (Phi) is 6.83. The van der Waals surface area contributed by atoms with Crippen LogP contribution in [0.4, 0.5) is 0 Å². The van der Waals surface area contributed by atoms with Gasteiger partial charge in [-0.25, -0.2) is 0 Å². The van der Waals surface area contributed by atoms with Gasteiger partial charge in [-0.15, -0.1) is 0 Å². The minimum absolute atomic E-state index is 0.0601. The number of rotatable bonds is 7. The minimum atomic E-state index is -0.235. The van der Waals surface area contributed by atoms with Crippen molar-refractivity contribution in [3.05, 3.63) is 64.2 Å². The highest BCUT2D eigenvalue weighted by Crippen LogP contribution is 2.20. The zero-order valence-corrected chi connectivity index (χ0v) is 15.0. The molecule has 0 aliphatic heterocycles. The highest BCUT2D eigenvalue weighted by atomic mass is 35.5. The molecule has 5 nitrogen and oxygen atoms in total. The molecule has 0 radical (unpaired) electrons. The van der Waals surface area contributed by atoms with Gasteiger partial charge in [-0.05, 0) is 55.3 Å². The summed E-state index contributed by atoms with van der Waals surface area (Å²) in [6.45, 7) is 4.54. The molecular formula is C19H21ClN2O3. The van der Waals surface area contributed by atoms with E-state index in [2.05, 4.69) is 10.6 Å². The Balaban J connectivity index is 1.67. The number of hydrogen-bond donors (Lipinski definition) is 2. The standard InChI is InChI=1S/C19H21ClN2O3/c1-13-4-3-5-17(14(13)2)25-12-18(23)21-10-11-22-19(24)15-6-8-16(20)9-7-15/h3-9H,10-12H2,1-2H3,(H,21,23)(H,22,24). The molecule has 0 aromatic heterocycles. The second-order valence-electron chi connectivity index (χ2n) is 5.60. The first-order chi connectivity index (χ1) is 12.0. The van der Waals surface area contributed by atoms with Gasteiger partial charge in [-0.3, -0.25) is 9.59 Å². The van der Waals surface area contributed by atoms with Crippen LogP contribution in [0.15, 0.2) is 42.5 Å². The molecule has 0 unspecified atom stereocenters. The number of aryl methyl sites for hydroxylation is 1. The highest BCUT2D eigenvalue weighted by Gasteiger charge is 2.07. The highest BCUT2D eigenvalue weighted by molar-refractivity contribution is 6.30. The van der Waals surface area contributed by atoms with Gasteiger partial charge in [0, 0.05) is 23.7 Å². The van der Waals surface area contributed by atoms with E-state index in [1.807, 2.05) is 32.0 Å². The van der Waals surface area contributed by atoms with Crippen molar-refractivity contribution in [1.82, 2.24) is 10.6 Å². The Morgan fingerprint density at radius 1 is 1.00 bits per heavy atom. The van der Waals surface area contributed by atoms with Crippen molar-refractivity contribution in [2.24, 2.45) is 0 Å². The van der Waals surface area contributed by atoms with Gasteiger partial charge in [0.05, 0.1) is 0 Å². The second kappa shape index (κ2) is 9.08. The summed E-state index contributed by atoms with van der Waals surface area (Å²) < 4.78 is 5.53. The SMILES string of the molecule is Cc1cccc(OCC(=O)NCCNC(=O)c2ccc(Cl)cc2)c1C.